The molecule has 0 aliphatic heterocycles. The van der Waals surface area contributed by atoms with Crippen molar-refractivity contribution in [2.24, 2.45) is 0 Å². The molecule has 24 heavy (non-hydrogen) atoms. The van der Waals surface area contributed by atoms with Crippen molar-refractivity contribution < 1.29 is 4.79 Å². The smallest absolute Gasteiger partial charge is 0.267 e. The van der Waals surface area contributed by atoms with Crippen molar-refractivity contribution in [3.63, 3.8) is 0 Å². The molecule has 2 fully saturated rings. The minimum absolute atomic E-state index is 0. The number of amides is 1. The lowest BCUT2D eigenvalue weighted by Gasteiger charge is -2.26. The maximum Gasteiger partial charge on any atom is 0.267 e. The van der Waals surface area contributed by atoms with E-state index < -0.39 is 0 Å². The maximum atomic E-state index is 12.4. The summed E-state index contributed by atoms with van der Waals surface area (Å²) in [7, 11) is 0. The van der Waals surface area contributed by atoms with Crippen molar-refractivity contribution in [2.45, 2.75) is 57.5 Å². The van der Waals surface area contributed by atoms with E-state index >= 15 is 0 Å². The summed E-state index contributed by atoms with van der Waals surface area (Å²) in [5, 5.41) is 15.9. The quantitative estimate of drug-likeness (QED) is 0.820. The van der Waals surface area contributed by atoms with Crippen LogP contribution in [0.25, 0.3) is 0 Å². The summed E-state index contributed by atoms with van der Waals surface area (Å²) in [6, 6.07) is 3.40. The minimum Gasteiger partial charge on any atom is -0.311 e. The molecule has 2 N–H and O–H groups in total. The van der Waals surface area contributed by atoms with Gasteiger partial charge in [-0.1, -0.05) is 17.8 Å². The summed E-state index contributed by atoms with van der Waals surface area (Å²) in [6.45, 7) is 3.99. The van der Waals surface area contributed by atoms with Crippen LogP contribution in [0.15, 0.2) is 6.07 Å². The summed E-state index contributed by atoms with van der Waals surface area (Å²) in [4.78, 5) is 14.4. The van der Waals surface area contributed by atoms with Crippen LogP contribution < -0.4 is 10.6 Å². The van der Waals surface area contributed by atoms with Crippen LogP contribution in [0.5, 0.6) is 0 Å². The lowest BCUT2D eigenvalue weighted by molar-refractivity contribution is 0.103. The largest absolute Gasteiger partial charge is 0.311 e. The second kappa shape index (κ2) is 7.07. The molecule has 2 aliphatic rings. The maximum absolute atomic E-state index is 12.4. The highest BCUT2D eigenvalue weighted by Crippen LogP contribution is 2.45. The Hall–Kier alpha value is -1.02. The molecular formula is C16H21ClN4OS2. The van der Waals surface area contributed by atoms with Gasteiger partial charge in [-0.2, -0.15) is 0 Å². The third-order valence-corrected chi connectivity index (χ3v) is 6.49. The molecule has 0 radical (unpaired) electrons. The fraction of sp³-hybridized carbons (Fsp3) is 0.562. The lowest BCUT2D eigenvalue weighted by Crippen LogP contribution is -2.37. The van der Waals surface area contributed by atoms with Gasteiger partial charge in [0.1, 0.15) is 5.01 Å². The normalized spacial score (nSPS) is 22.6. The van der Waals surface area contributed by atoms with Gasteiger partial charge in [-0.25, -0.2) is 0 Å². The first kappa shape index (κ1) is 17.8. The first-order valence-corrected chi connectivity index (χ1v) is 9.71. The number of thiophene rings is 1. The van der Waals surface area contributed by atoms with Gasteiger partial charge < -0.3 is 5.32 Å². The van der Waals surface area contributed by atoms with E-state index in [1.165, 1.54) is 47.5 Å². The fourth-order valence-electron chi connectivity index (χ4n) is 3.08. The molecule has 2 aromatic heterocycles. The number of hydrogen-bond acceptors (Lipinski definition) is 6. The number of rotatable bonds is 5. The average Bonchev–Trinajstić information content (AvgIpc) is 2.94. The van der Waals surface area contributed by atoms with Gasteiger partial charge >= 0.3 is 0 Å². The summed E-state index contributed by atoms with van der Waals surface area (Å²) < 4.78 is 0. The van der Waals surface area contributed by atoms with Crippen LogP contribution in [0.1, 0.15) is 56.7 Å². The highest BCUT2D eigenvalue weighted by Gasteiger charge is 2.41. The number of aryl methyl sites for hydroxylation is 2. The van der Waals surface area contributed by atoms with Crippen LogP contribution in [0.4, 0.5) is 5.13 Å². The molecule has 0 aromatic carbocycles. The molecule has 2 atom stereocenters. The number of nitrogens with one attached hydrogen (secondary N) is 2. The summed E-state index contributed by atoms with van der Waals surface area (Å²) >= 11 is 2.97. The number of hydrogen-bond donors (Lipinski definition) is 2. The van der Waals surface area contributed by atoms with Crippen LogP contribution in [-0.2, 0) is 0 Å². The van der Waals surface area contributed by atoms with Crippen molar-refractivity contribution in [3.8, 4) is 0 Å². The number of anilines is 1. The minimum atomic E-state index is -0.0790. The summed E-state index contributed by atoms with van der Waals surface area (Å²) in [5.41, 5.74) is 1.34. The standard InChI is InChI=1S/C16H20N4OS2.ClH/c1-8-11(12-6-13(12)17-10-4-3-5-10)7-14(22-8)15(21)18-16-20-19-9(2)23-16;/h7,10,12-13,17H,3-6H2,1-2H3,(H,18,20,21);1H/t12-,13+;/m0./s1. The average molecular weight is 385 g/mol. The van der Waals surface area contributed by atoms with Crippen LogP contribution >= 0.6 is 35.1 Å². The number of carbonyl (C=O) groups excluding carboxylic acids is 1. The van der Waals surface area contributed by atoms with Gasteiger partial charge in [-0.05, 0) is 44.7 Å². The van der Waals surface area contributed by atoms with E-state index in [1.807, 2.05) is 6.92 Å². The zero-order valence-corrected chi connectivity index (χ0v) is 16.1. The Morgan fingerprint density at radius 3 is 2.67 bits per heavy atom. The second-order valence-corrected chi connectivity index (χ2v) is 8.88. The first-order chi connectivity index (χ1) is 11.1. The molecule has 1 amide bonds. The van der Waals surface area contributed by atoms with Gasteiger partial charge in [0.2, 0.25) is 5.13 Å². The zero-order valence-electron chi connectivity index (χ0n) is 13.7. The molecule has 5 nitrogen and oxygen atoms in total. The van der Waals surface area contributed by atoms with Crippen LogP contribution in [0.2, 0.25) is 0 Å². The Labute approximate surface area is 155 Å². The molecule has 2 heterocycles. The molecule has 0 bridgehead atoms. The van der Waals surface area contributed by atoms with Crippen molar-refractivity contribution in [1.29, 1.82) is 0 Å². The number of halogens is 1. The lowest BCUT2D eigenvalue weighted by atomic mass is 9.93. The fourth-order valence-corrected chi connectivity index (χ4v) is 4.66. The molecule has 8 heteroatoms. The Kier molecular flexibility index (Phi) is 5.24. The number of nitrogens with zero attached hydrogens (tertiary/aromatic N) is 2. The highest BCUT2D eigenvalue weighted by molar-refractivity contribution is 7.16. The van der Waals surface area contributed by atoms with E-state index in [0.29, 0.717) is 17.1 Å². The molecule has 0 saturated heterocycles. The monoisotopic (exact) mass is 384 g/mol. The van der Waals surface area contributed by atoms with Crippen LogP contribution in [-0.4, -0.2) is 28.2 Å². The van der Waals surface area contributed by atoms with E-state index in [2.05, 4.69) is 33.8 Å². The molecule has 2 aromatic rings. The van der Waals surface area contributed by atoms with E-state index in [9.17, 15) is 4.79 Å². The molecule has 130 valence electrons. The van der Waals surface area contributed by atoms with E-state index in [4.69, 9.17) is 0 Å². The molecule has 4 rings (SSSR count). The van der Waals surface area contributed by atoms with Gasteiger partial charge in [0, 0.05) is 22.9 Å². The molecule has 2 saturated carbocycles. The van der Waals surface area contributed by atoms with Crippen LogP contribution in [0.3, 0.4) is 0 Å². The van der Waals surface area contributed by atoms with Gasteiger partial charge in [0.05, 0.1) is 4.88 Å². The molecule has 0 spiro atoms. The first-order valence-electron chi connectivity index (χ1n) is 8.08. The topological polar surface area (TPSA) is 66.9 Å². The molecular weight excluding hydrogens is 364 g/mol. The zero-order chi connectivity index (χ0) is 16.0. The van der Waals surface area contributed by atoms with Gasteiger partial charge in [-0.15, -0.1) is 33.9 Å². The third-order valence-electron chi connectivity index (χ3n) is 4.67. The predicted molar refractivity (Wildman–Crippen MR) is 101 cm³/mol. The SMILES string of the molecule is Cc1nnc(NC(=O)c2cc([C@@H]3C[C@H]3NC3CCC3)c(C)s2)s1.Cl. The Bertz CT molecular complexity index is 740. The number of aromatic nitrogens is 2. The third kappa shape index (κ3) is 3.64. The van der Waals surface area contributed by atoms with Crippen molar-refractivity contribution in [1.82, 2.24) is 15.5 Å². The molecule has 0 unspecified atom stereocenters. The van der Waals surface area contributed by atoms with E-state index in [1.54, 1.807) is 11.3 Å². The van der Waals surface area contributed by atoms with Crippen LogP contribution in [0, 0.1) is 13.8 Å². The second-order valence-electron chi connectivity index (χ2n) is 6.45. The summed E-state index contributed by atoms with van der Waals surface area (Å²) in [5.74, 6) is 0.502. The Morgan fingerprint density at radius 2 is 2.04 bits per heavy atom. The number of carbonyl (C=O) groups is 1. The van der Waals surface area contributed by atoms with Crippen molar-refractivity contribution in [3.05, 3.63) is 26.4 Å². The van der Waals surface area contributed by atoms with Gasteiger partial charge in [0.25, 0.3) is 5.91 Å². The summed E-state index contributed by atoms with van der Waals surface area (Å²) in [6.07, 6.45) is 5.20. The predicted octanol–water partition coefficient (Wildman–Crippen LogP) is 3.89. The van der Waals surface area contributed by atoms with E-state index in [0.717, 1.165) is 15.9 Å². The Morgan fingerprint density at radius 1 is 1.25 bits per heavy atom. The van der Waals surface area contributed by atoms with Gasteiger partial charge in [-0.3, -0.25) is 10.1 Å². The highest BCUT2D eigenvalue weighted by atomic mass is 35.5. The Balaban J connectivity index is 0.00000169. The van der Waals surface area contributed by atoms with Crippen molar-refractivity contribution in [2.75, 3.05) is 5.32 Å². The van der Waals surface area contributed by atoms with E-state index in [-0.39, 0.29) is 18.3 Å². The van der Waals surface area contributed by atoms with Gasteiger partial charge in [0.15, 0.2) is 0 Å². The molecule has 2 aliphatic carbocycles. The van der Waals surface area contributed by atoms with Crippen molar-refractivity contribution >= 4 is 46.1 Å².